The van der Waals surface area contributed by atoms with E-state index in [0.717, 1.165) is 5.56 Å². The van der Waals surface area contributed by atoms with E-state index in [0.29, 0.717) is 20.8 Å². The topological polar surface area (TPSA) is 41.1 Å². The van der Waals surface area contributed by atoms with Crippen LogP contribution in [0.2, 0.25) is 15.1 Å². The summed E-state index contributed by atoms with van der Waals surface area (Å²) in [6.45, 7) is 2.15. The first kappa shape index (κ1) is 17.1. The summed E-state index contributed by atoms with van der Waals surface area (Å²) < 4.78 is 0. The first-order chi connectivity index (χ1) is 10.5. The maximum atomic E-state index is 12.0. The third-order valence-corrected chi connectivity index (χ3v) is 4.19. The highest BCUT2D eigenvalue weighted by atomic mass is 35.5. The lowest BCUT2D eigenvalue weighted by Gasteiger charge is -2.14. The van der Waals surface area contributed by atoms with Crippen molar-refractivity contribution in [2.45, 2.75) is 13.0 Å². The van der Waals surface area contributed by atoms with Crippen molar-refractivity contribution in [3.8, 4) is 0 Å². The van der Waals surface area contributed by atoms with Crippen LogP contribution in [0, 0.1) is 0 Å². The van der Waals surface area contributed by atoms with Gasteiger partial charge in [-0.2, -0.15) is 0 Å². The van der Waals surface area contributed by atoms with Crippen LogP contribution in [0.15, 0.2) is 42.5 Å². The van der Waals surface area contributed by atoms with E-state index in [1.807, 2.05) is 37.3 Å². The van der Waals surface area contributed by atoms with E-state index in [1.54, 1.807) is 0 Å². The molecule has 2 rings (SSSR count). The summed E-state index contributed by atoms with van der Waals surface area (Å²) in [4.78, 5) is 12.0. The van der Waals surface area contributed by atoms with Gasteiger partial charge in [-0.25, -0.2) is 0 Å². The Morgan fingerprint density at radius 2 is 1.68 bits per heavy atom. The Morgan fingerprint density at radius 3 is 2.36 bits per heavy atom. The Kier molecular flexibility index (Phi) is 6.09. The molecule has 116 valence electrons. The Labute approximate surface area is 144 Å². The van der Waals surface area contributed by atoms with E-state index in [2.05, 4.69) is 10.6 Å². The second-order valence-corrected chi connectivity index (χ2v) is 6.03. The zero-order valence-corrected chi connectivity index (χ0v) is 14.1. The molecule has 2 aromatic rings. The molecule has 0 radical (unpaired) electrons. The van der Waals surface area contributed by atoms with Crippen LogP contribution in [-0.2, 0) is 4.79 Å². The standard InChI is InChI=1S/C16H15Cl3N2O/c1-10(11-5-3-2-4-6-11)20-9-16(22)21-15-8-13(18)12(17)7-14(15)19/h2-8,10,20H,9H2,1H3,(H,21,22)/t10-/m0/s1. The van der Waals surface area contributed by atoms with Crippen molar-refractivity contribution >= 4 is 46.4 Å². The summed E-state index contributed by atoms with van der Waals surface area (Å²) in [5.41, 5.74) is 1.55. The number of hydrogen-bond acceptors (Lipinski definition) is 2. The maximum Gasteiger partial charge on any atom is 0.238 e. The third kappa shape index (κ3) is 4.62. The first-order valence-corrected chi connectivity index (χ1v) is 7.83. The monoisotopic (exact) mass is 356 g/mol. The molecule has 1 atom stereocenters. The van der Waals surface area contributed by atoms with Gasteiger partial charge in [0.2, 0.25) is 5.91 Å². The Hall–Kier alpha value is -1.26. The maximum absolute atomic E-state index is 12.0. The van der Waals surface area contributed by atoms with Gasteiger partial charge in [0.15, 0.2) is 0 Å². The molecule has 1 amide bonds. The highest BCUT2D eigenvalue weighted by Crippen LogP contribution is 2.32. The van der Waals surface area contributed by atoms with Crippen molar-refractivity contribution in [2.24, 2.45) is 0 Å². The normalized spacial score (nSPS) is 12.0. The zero-order valence-electron chi connectivity index (χ0n) is 11.9. The molecule has 2 aromatic carbocycles. The number of nitrogens with one attached hydrogen (secondary N) is 2. The highest BCUT2D eigenvalue weighted by molar-refractivity contribution is 6.44. The van der Waals surface area contributed by atoms with E-state index in [9.17, 15) is 4.79 Å². The van der Waals surface area contributed by atoms with Gasteiger partial charge in [-0.1, -0.05) is 65.1 Å². The van der Waals surface area contributed by atoms with Gasteiger partial charge in [0, 0.05) is 6.04 Å². The number of halogens is 3. The van der Waals surface area contributed by atoms with E-state index in [1.165, 1.54) is 12.1 Å². The second kappa shape index (κ2) is 7.84. The lowest BCUT2D eigenvalue weighted by Crippen LogP contribution is -2.30. The summed E-state index contributed by atoms with van der Waals surface area (Å²) in [5, 5.41) is 6.89. The molecule has 0 aliphatic rings. The molecule has 0 spiro atoms. The molecule has 22 heavy (non-hydrogen) atoms. The quantitative estimate of drug-likeness (QED) is 0.744. The van der Waals surface area contributed by atoms with Crippen LogP contribution in [0.25, 0.3) is 0 Å². The molecule has 0 aromatic heterocycles. The molecule has 6 heteroatoms. The van der Waals surface area contributed by atoms with Crippen molar-refractivity contribution in [1.82, 2.24) is 5.32 Å². The zero-order chi connectivity index (χ0) is 16.1. The van der Waals surface area contributed by atoms with Crippen LogP contribution in [0.4, 0.5) is 5.69 Å². The smallest absolute Gasteiger partial charge is 0.238 e. The fourth-order valence-electron chi connectivity index (χ4n) is 1.92. The fraction of sp³-hybridized carbons (Fsp3) is 0.188. The van der Waals surface area contributed by atoms with Crippen LogP contribution in [-0.4, -0.2) is 12.5 Å². The first-order valence-electron chi connectivity index (χ1n) is 6.70. The number of amides is 1. The molecule has 0 saturated heterocycles. The number of carbonyl (C=O) groups is 1. The van der Waals surface area contributed by atoms with Gasteiger partial charge in [0.1, 0.15) is 0 Å². The van der Waals surface area contributed by atoms with Gasteiger partial charge in [0.05, 0.1) is 27.3 Å². The van der Waals surface area contributed by atoms with E-state index >= 15 is 0 Å². The molecule has 2 N–H and O–H groups in total. The van der Waals surface area contributed by atoms with Crippen LogP contribution < -0.4 is 10.6 Å². The molecular weight excluding hydrogens is 343 g/mol. The van der Waals surface area contributed by atoms with Crippen molar-refractivity contribution in [1.29, 1.82) is 0 Å². The van der Waals surface area contributed by atoms with Gasteiger partial charge in [-0.3, -0.25) is 4.79 Å². The third-order valence-electron chi connectivity index (χ3n) is 3.15. The van der Waals surface area contributed by atoms with Crippen molar-refractivity contribution in [3.63, 3.8) is 0 Å². The predicted octanol–water partition coefficient (Wildman–Crippen LogP) is 4.94. The molecule has 0 saturated carbocycles. The average molecular weight is 358 g/mol. The molecular formula is C16H15Cl3N2O. The molecule has 0 aliphatic carbocycles. The summed E-state index contributed by atoms with van der Waals surface area (Å²) in [6, 6.07) is 13.0. The number of benzene rings is 2. The minimum Gasteiger partial charge on any atom is -0.324 e. The molecule has 0 bridgehead atoms. The van der Waals surface area contributed by atoms with Crippen LogP contribution in [0.1, 0.15) is 18.5 Å². The van der Waals surface area contributed by atoms with Gasteiger partial charge >= 0.3 is 0 Å². The number of rotatable bonds is 5. The summed E-state index contributed by atoms with van der Waals surface area (Å²) in [6.07, 6.45) is 0. The van der Waals surface area contributed by atoms with Crippen LogP contribution in [0.5, 0.6) is 0 Å². The van der Waals surface area contributed by atoms with Crippen molar-refractivity contribution in [3.05, 3.63) is 63.1 Å². The van der Waals surface area contributed by atoms with Crippen molar-refractivity contribution < 1.29 is 4.79 Å². The lowest BCUT2D eigenvalue weighted by molar-refractivity contribution is -0.115. The summed E-state index contributed by atoms with van der Waals surface area (Å²) in [5.74, 6) is -0.205. The van der Waals surface area contributed by atoms with Crippen LogP contribution >= 0.6 is 34.8 Å². The Bertz CT molecular complexity index is 662. The minimum absolute atomic E-state index is 0.0660. The fourth-order valence-corrected chi connectivity index (χ4v) is 2.51. The second-order valence-electron chi connectivity index (χ2n) is 4.81. The Morgan fingerprint density at radius 1 is 1.05 bits per heavy atom. The largest absolute Gasteiger partial charge is 0.324 e. The number of hydrogen-bond donors (Lipinski definition) is 2. The number of anilines is 1. The van der Waals surface area contributed by atoms with E-state index < -0.39 is 0 Å². The lowest BCUT2D eigenvalue weighted by atomic mass is 10.1. The Balaban J connectivity index is 1.92. The number of carbonyl (C=O) groups excluding carboxylic acids is 1. The van der Waals surface area contributed by atoms with Gasteiger partial charge in [0.25, 0.3) is 0 Å². The van der Waals surface area contributed by atoms with Crippen LogP contribution in [0.3, 0.4) is 0 Å². The van der Waals surface area contributed by atoms with Crippen molar-refractivity contribution in [2.75, 3.05) is 11.9 Å². The molecule has 0 heterocycles. The van der Waals surface area contributed by atoms with Gasteiger partial charge < -0.3 is 10.6 Å². The van der Waals surface area contributed by atoms with E-state index in [4.69, 9.17) is 34.8 Å². The molecule has 0 aliphatic heterocycles. The predicted molar refractivity (Wildman–Crippen MR) is 93.0 cm³/mol. The summed E-state index contributed by atoms with van der Waals surface area (Å²) >= 11 is 17.8. The molecule has 0 fully saturated rings. The SMILES string of the molecule is C[C@H](NCC(=O)Nc1cc(Cl)c(Cl)cc1Cl)c1ccccc1. The average Bonchev–Trinajstić information content (AvgIpc) is 2.51. The van der Waals surface area contributed by atoms with Gasteiger partial charge in [-0.05, 0) is 24.6 Å². The van der Waals surface area contributed by atoms with E-state index in [-0.39, 0.29) is 18.5 Å². The molecule has 3 nitrogen and oxygen atoms in total. The highest BCUT2D eigenvalue weighted by Gasteiger charge is 2.11. The van der Waals surface area contributed by atoms with Gasteiger partial charge in [-0.15, -0.1) is 0 Å². The minimum atomic E-state index is -0.205. The molecule has 0 unspecified atom stereocenters. The summed E-state index contributed by atoms with van der Waals surface area (Å²) in [7, 11) is 0.